The summed E-state index contributed by atoms with van der Waals surface area (Å²) in [7, 11) is -4.09. The molecule has 0 aromatic heterocycles. The van der Waals surface area contributed by atoms with Crippen molar-refractivity contribution in [2.45, 2.75) is 11.8 Å². The molecule has 0 radical (unpaired) electrons. The van der Waals surface area contributed by atoms with Crippen LogP contribution in [0.25, 0.3) is 0 Å². The van der Waals surface area contributed by atoms with Crippen LogP contribution in [0.15, 0.2) is 45.8 Å². The summed E-state index contributed by atoms with van der Waals surface area (Å²) in [5.74, 6) is -0.888. The molecule has 20 heavy (non-hydrogen) atoms. The molecule has 106 valence electrons. The van der Waals surface area contributed by atoms with Crippen LogP contribution in [0, 0.1) is 12.7 Å². The smallest absolute Gasteiger partial charge is 0.266 e. The molecule has 0 saturated heterocycles. The van der Waals surface area contributed by atoms with E-state index in [1.54, 1.807) is 18.2 Å². The van der Waals surface area contributed by atoms with E-state index in [1.165, 1.54) is 12.1 Å². The third kappa shape index (κ3) is 2.94. The summed E-state index contributed by atoms with van der Waals surface area (Å²) in [4.78, 5) is -0.549. The van der Waals surface area contributed by atoms with Crippen molar-refractivity contribution in [2.75, 3.05) is 10.5 Å². The van der Waals surface area contributed by atoms with Crippen molar-refractivity contribution >= 4 is 37.3 Å². The molecule has 0 bridgehead atoms. The molecular formula is C13H12BrFN2O2S. The third-order valence-corrected chi connectivity index (χ3v) is 4.75. The van der Waals surface area contributed by atoms with Crippen molar-refractivity contribution < 1.29 is 12.8 Å². The molecule has 2 aromatic carbocycles. The Bertz CT molecular complexity index is 743. The Kier molecular flexibility index (Phi) is 4.01. The van der Waals surface area contributed by atoms with Crippen molar-refractivity contribution in [3.05, 3.63) is 52.3 Å². The van der Waals surface area contributed by atoms with E-state index in [0.29, 0.717) is 10.2 Å². The van der Waals surface area contributed by atoms with Gasteiger partial charge in [0.05, 0.1) is 11.4 Å². The van der Waals surface area contributed by atoms with Gasteiger partial charge < -0.3 is 5.73 Å². The maximum Gasteiger partial charge on any atom is 0.266 e. The molecule has 2 aromatic rings. The monoisotopic (exact) mass is 358 g/mol. The molecule has 0 amide bonds. The number of hydrogen-bond acceptors (Lipinski definition) is 3. The van der Waals surface area contributed by atoms with Crippen molar-refractivity contribution in [3.8, 4) is 0 Å². The SMILES string of the molecule is Cc1ccc(NS(=O)(=O)c2c(N)cccc2F)c(Br)c1. The number of nitrogens with two attached hydrogens (primary N) is 1. The van der Waals surface area contributed by atoms with Crippen LogP contribution in [0.3, 0.4) is 0 Å². The molecule has 0 heterocycles. The lowest BCUT2D eigenvalue weighted by molar-refractivity contribution is 0.572. The number of nitrogens with one attached hydrogen (secondary N) is 1. The molecule has 0 aliphatic carbocycles. The van der Waals surface area contributed by atoms with Crippen LogP contribution < -0.4 is 10.5 Å². The fourth-order valence-electron chi connectivity index (χ4n) is 1.71. The quantitative estimate of drug-likeness (QED) is 0.827. The van der Waals surface area contributed by atoms with Crippen molar-refractivity contribution in [2.24, 2.45) is 0 Å². The molecule has 4 nitrogen and oxygen atoms in total. The van der Waals surface area contributed by atoms with Gasteiger partial charge in [-0.3, -0.25) is 4.72 Å². The van der Waals surface area contributed by atoms with Crippen molar-refractivity contribution in [3.63, 3.8) is 0 Å². The van der Waals surface area contributed by atoms with Crippen molar-refractivity contribution in [1.29, 1.82) is 0 Å². The number of hydrogen-bond donors (Lipinski definition) is 2. The number of nitrogen functional groups attached to an aromatic ring is 1. The van der Waals surface area contributed by atoms with Gasteiger partial charge in [0.1, 0.15) is 10.7 Å². The highest BCUT2D eigenvalue weighted by Crippen LogP contribution is 2.28. The molecule has 2 rings (SSSR count). The summed E-state index contributed by atoms with van der Waals surface area (Å²) in [6, 6.07) is 8.83. The van der Waals surface area contributed by atoms with E-state index < -0.39 is 20.7 Å². The van der Waals surface area contributed by atoms with Gasteiger partial charge in [0.2, 0.25) is 0 Å². The highest BCUT2D eigenvalue weighted by molar-refractivity contribution is 9.10. The average molecular weight is 359 g/mol. The van der Waals surface area contributed by atoms with Gasteiger partial charge in [-0.15, -0.1) is 0 Å². The first-order valence-corrected chi connectivity index (χ1v) is 7.92. The van der Waals surface area contributed by atoms with Gasteiger partial charge in [-0.25, -0.2) is 12.8 Å². The van der Waals surface area contributed by atoms with E-state index in [4.69, 9.17) is 5.73 Å². The van der Waals surface area contributed by atoms with E-state index in [-0.39, 0.29) is 5.69 Å². The zero-order chi connectivity index (χ0) is 14.9. The molecule has 7 heteroatoms. The second kappa shape index (κ2) is 5.41. The van der Waals surface area contributed by atoms with Crippen LogP contribution in [0.2, 0.25) is 0 Å². The first-order valence-electron chi connectivity index (χ1n) is 5.64. The Labute approximate surface area is 125 Å². The summed E-state index contributed by atoms with van der Waals surface area (Å²) in [6.45, 7) is 1.87. The number of anilines is 2. The summed E-state index contributed by atoms with van der Waals surface area (Å²) >= 11 is 3.26. The lowest BCUT2D eigenvalue weighted by Gasteiger charge is -2.12. The Morgan fingerprint density at radius 1 is 1.25 bits per heavy atom. The predicted octanol–water partition coefficient (Wildman–Crippen LogP) is 3.28. The largest absolute Gasteiger partial charge is 0.398 e. The van der Waals surface area contributed by atoms with Crippen LogP contribution in [-0.4, -0.2) is 8.42 Å². The summed E-state index contributed by atoms with van der Waals surface area (Å²) in [6.07, 6.45) is 0. The van der Waals surface area contributed by atoms with Crippen LogP contribution >= 0.6 is 15.9 Å². The van der Waals surface area contributed by atoms with E-state index in [0.717, 1.165) is 11.6 Å². The second-order valence-electron chi connectivity index (χ2n) is 4.25. The minimum absolute atomic E-state index is 0.138. The van der Waals surface area contributed by atoms with Gasteiger partial charge in [0.15, 0.2) is 0 Å². The number of aryl methyl sites for hydroxylation is 1. The van der Waals surface area contributed by atoms with Gasteiger partial charge in [-0.1, -0.05) is 12.1 Å². The molecule has 0 aliphatic rings. The summed E-state index contributed by atoms with van der Waals surface area (Å²) in [5.41, 5.74) is 6.70. The predicted molar refractivity (Wildman–Crippen MR) is 80.5 cm³/mol. The molecule has 0 aliphatic heterocycles. The minimum atomic E-state index is -4.09. The minimum Gasteiger partial charge on any atom is -0.398 e. The molecule has 0 fully saturated rings. The van der Waals surface area contributed by atoms with E-state index in [9.17, 15) is 12.8 Å². The first-order chi connectivity index (χ1) is 9.31. The van der Waals surface area contributed by atoms with Crippen LogP contribution in [-0.2, 0) is 10.0 Å². The Hall–Kier alpha value is -1.60. The summed E-state index contributed by atoms with van der Waals surface area (Å²) < 4.78 is 41.0. The number of sulfonamides is 1. The number of halogens is 2. The third-order valence-electron chi connectivity index (χ3n) is 2.64. The fraction of sp³-hybridized carbons (Fsp3) is 0.0769. The molecule has 0 spiro atoms. The second-order valence-corrected chi connectivity index (χ2v) is 6.72. The molecular weight excluding hydrogens is 347 g/mol. The first kappa shape index (κ1) is 14.8. The summed E-state index contributed by atoms with van der Waals surface area (Å²) in [5, 5.41) is 0. The topological polar surface area (TPSA) is 72.2 Å². The zero-order valence-electron chi connectivity index (χ0n) is 10.5. The van der Waals surface area contributed by atoms with Crippen molar-refractivity contribution in [1.82, 2.24) is 0 Å². The molecule has 3 N–H and O–H groups in total. The van der Waals surface area contributed by atoms with Gasteiger partial charge in [-0.05, 0) is 52.7 Å². The van der Waals surface area contributed by atoms with Gasteiger partial charge in [0.25, 0.3) is 10.0 Å². The van der Waals surface area contributed by atoms with E-state index in [1.807, 2.05) is 6.92 Å². The van der Waals surface area contributed by atoms with Gasteiger partial charge in [0, 0.05) is 4.47 Å². The molecule has 0 unspecified atom stereocenters. The molecule has 0 saturated carbocycles. The lowest BCUT2D eigenvalue weighted by Crippen LogP contribution is -2.16. The highest BCUT2D eigenvalue weighted by atomic mass is 79.9. The Morgan fingerprint density at radius 3 is 2.55 bits per heavy atom. The lowest BCUT2D eigenvalue weighted by atomic mass is 10.2. The van der Waals surface area contributed by atoms with Crippen LogP contribution in [0.5, 0.6) is 0 Å². The molecule has 0 atom stereocenters. The maximum atomic E-state index is 13.7. The van der Waals surface area contributed by atoms with E-state index in [2.05, 4.69) is 20.7 Å². The number of rotatable bonds is 3. The zero-order valence-corrected chi connectivity index (χ0v) is 12.9. The number of benzene rings is 2. The Balaban J connectivity index is 2.46. The van der Waals surface area contributed by atoms with Gasteiger partial charge in [-0.2, -0.15) is 0 Å². The van der Waals surface area contributed by atoms with Crippen LogP contribution in [0.1, 0.15) is 5.56 Å². The van der Waals surface area contributed by atoms with Crippen LogP contribution in [0.4, 0.5) is 15.8 Å². The standard InChI is InChI=1S/C13H12BrFN2O2S/c1-8-5-6-12(9(14)7-8)17-20(18,19)13-10(15)3-2-4-11(13)16/h2-7,17H,16H2,1H3. The van der Waals surface area contributed by atoms with Gasteiger partial charge >= 0.3 is 0 Å². The average Bonchev–Trinajstić information content (AvgIpc) is 2.32. The fourth-order valence-corrected chi connectivity index (χ4v) is 3.70. The highest BCUT2D eigenvalue weighted by Gasteiger charge is 2.22. The Morgan fingerprint density at radius 2 is 1.95 bits per heavy atom. The van der Waals surface area contributed by atoms with E-state index >= 15 is 0 Å². The normalized spacial score (nSPS) is 11.3. The maximum absolute atomic E-state index is 13.7.